The van der Waals surface area contributed by atoms with Gasteiger partial charge in [0.15, 0.2) is 0 Å². The van der Waals surface area contributed by atoms with Crippen LogP contribution >= 0.6 is 11.3 Å². The molecule has 1 aliphatic rings. The molecule has 0 spiro atoms. The van der Waals surface area contributed by atoms with Crippen LogP contribution in [0.3, 0.4) is 0 Å². The summed E-state index contributed by atoms with van der Waals surface area (Å²) < 4.78 is 10.9. The van der Waals surface area contributed by atoms with Gasteiger partial charge >= 0.3 is 5.97 Å². The monoisotopic (exact) mass is 346 g/mol. The first-order chi connectivity index (χ1) is 11.7. The molecule has 0 aromatic carbocycles. The molecule has 1 N–H and O–H groups in total. The molecule has 0 aliphatic carbocycles. The fraction of sp³-hybridized carbons (Fsp3) is 0.353. The average molecular weight is 346 g/mol. The van der Waals surface area contributed by atoms with E-state index in [1.165, 1.54) is 17.5 Å². The summed E-state index contributed by atoms with van der Waals surface area (Å²) >= 11 is 1.27. The number of aromatic nitrogens is 1. The van der Waals surface area contributed by atoms with Crippen LogP contribution in [0, 0.1) is 0 Å². The van der Waals surface area contributed by atoms with Crippen molar-refractivity contribution in [2.75, 3.05) is 13.2 Å². The SMILES string of the molecule is O=C(O[C@H](C(=O)NC[C@H]1CCCO1)c1cccnc1)c1cccs1. The fourth-order valence-corrected chi connectivity index (χ4v) is 3.08. The van der Waals surface area contributed by atoms with Gasteiger partial charge in [-0.2, -0.15) is 0 Å². The minimum absolute atomic E-state index is 0.0245. The second-order valence-corrected chi connectivity index (χ2v) is 6.38. The summed E-state index contributed by atoms with van der Waals surface area (Å²) in [4.78, 5) is 29.2. The van der Waals surface area contributed by atoms with Crippen molar-refractivity contribution in [3.63, 3.8) is 0 Å². The van der Waals surface area contributed by atoms with Crippen molar-refractivity contribution in [3.8, 4) is 0 Å². The van der Waals surface area contributed by atoms with Gasteiger partial charge in [0.2, 0.25) is 6.10 Å². The zero-order chi connectivity index (χ0) is 16.8. The highest BCUT2D eigenvalue weighted by Crippen LogP contribution is 2.21. The van der Waals surface area contributed by atoms with Crippen molar-refractivity contribution in [1.82, 2.24) is 10.3 Å². The third-order valence-corrected chi connectivity index (χ3v) is 4.55. The predicted octanol–water partition coefficient (Wildman–Crippen LogP) is 2.34. The van der Waals surface area contributed by atoms with Gasteiger partial charge in [-0.1, -0.05) is 12.1 Å². The highest BCUT2D eigenvalue weighted by molar-refractivity contribution is 7.11. The Balaban J connectivity index is 1.69. The molecule has 0 unspecified atom stereocenters. The molecule has 24 heavy (non-hydrogen) atoms. The van der Waals surface area contributed by atoms with Gasteiger partial charge in [-0.15, -0.1) is 11.3 Å². The molecule has 2 atom stereocenters. The summed E-state index contributed by atoms with van der Waals surface area (Å²) in [5.41, 5.74) is 0.534. The Morgan fingerprint density at radius 2 is 2.33 bits per heavy atom. The maximum absolute atomic E-state index is 12.5. The first-order valence-electron chi connectivity index (χ1n) is 7.78. The average Bonchev–Trinajstić information content (AvgIpc) is 3.31. The van der Waals surface area contributed by atoms with Crippen molar-refractivity contribution in [2.45, 2.75) is 25.0 Å². The first-order valence-corrected chi connectivity index (χ1v) is 8.66. The van der Waals surface area contributed by atoms with E-state index in [0.717, 1.165) is 19.4 Å². The summed E-state index contributed by atoms with van der Waals surface area (Å²) in [6.07, 6.45) is 4.04. The van der Waals surface area contributed by atoms with Crippen LogP contribution in [0.4, 0.5) is 0 Å². The number of thiophene rings is 1. The number of carbonyl (C=O) groups excluding carboxylic acids is 2. The van der Waals surface area contributed by atoms with E-state index in [4.69, 9.17) is 9.47 Å². The quantitative estimate of drug-likeness (QED) is 0.813. The van der Waals surface area contributed by atoms with Crippen LogP contribution in [0.15, 0.2) is 42.0 Å². The molecule has 6 nitrogen and oxygen atoms in total. The predicted molar refractivity (Wildman–Crippen MR) is 88.7 cm³/mol. The van der Waals surface area contributed by atoms with Crippen molar-refractivity contribution >= 4 is 23.2 Å². The topological polar surface area (TPSA) is 77.5 Å². The molecule has 0 radical (unpaired) electrons. The molecule has 1 fully saturated rings. The van der Waals surface area contributed by atoms with Gasteiger partial charge in [-0.05, 0) is 30.4 Å². The molecule has 0 bridgehead atoms. The largest absolute Gasteiger partial charge is 0.443 e. The number of nitrogens with one attached hydrogen (secondary N) is 1. The lowest BCUT2D eigenvalue weighted by Gasteiger charge is -2.18. The number of hydrogen-bond acceptors (Lipinski definition) is 6. The second kappa shape index (κ2) is 8.03. The van der Waals surface area contributed by atoms with Crippen LogP contribution in [0.2, 0.25) is 0 Å². The van der Waals surface area contributed by atoms with Crippen molar-refractivity contribution in [1.29, 1.82) is 0 Å². The van der Waals surface area contributed by atoms with Crippen LogP contribution < -0.4 is 5.32 Å². The van der Waals surface area contributed by atoms with Gasteiger partial charge in [0.05, 0.1) is 6.10 Å². The summed E-state index contributed by atoms with van der Waals surface area (Å²) in [5.74, 6) is -0.894. The Kier molecular flexibility index (Phi) is 5.55. The van der Waals surface area contributed by atoms with E-state index in [9.17, 15) is 9.59 Å². The number of ether oxygens (including phenoxy) is 2. The highest BCUT2D eigenvalue weighted by atomic mass is 32.1. The number of rotatable bonds is 6. The van der Waals surface area contributed by atoms with E-state index < -0.39 is 12.1 Å². The van der Waals surface area contributed by atoms with Crippen LogP contribution in [-0.4, -0.2) is 36.1 Å². The van der Waals surface area contributed by atoms with Gasteiger partial charge in [0, 0.05) is 31.1 Å². The summed E-state index contributed by atoms with van der Waals surface area (Å²) in [6.45, 7) is 1.13. The Labute approximate surface area is 143 Å². The zero-order valence-corrected chi connectivity index (χ0v) is 13.8. The van der Waals surface area contributed by atoms with E-state index in [-0.39, 0.29) is 12.0 Å². The molecule has 2 aromatic rings. The Bertz CT molecular complexity index is 669. The van der Waals surface area contributed by atoms with Crippen molar-refractivity contribution < 1.29 is 19.1 Å². The van der Waals surface area contributed by atoms with E-state index in [1.807, 2.05) is 0 Å². The molecule has 3 heterocycles. The third kappa shape index (κ3) is 4.18. The molecular weight excluding hydrogens is 328 g/mol. The lowest BCUT2D eigenvalue weighted by molar-refractivity contribution is -0.130. The highest BCUT2D eigenvalue weighted by Gasteiger charge is 2.27. The number of nitrogens with zero attached hydrogens (tertiary/aromatic N) is 1. The Morgan fingerprint density at radius 3 is 3.00 bits per heavy atom. The van der Waals surface area contributed by atoms with E-state index in [2.05, 4.69) is 10.3 Å². The Hall–Kier alpha value is -2.25. The molecular formula is C17H18N2O4S. The van der Waals surface area contributed by atoms with E-state index in [1.54, 1.807) is 35.8 Å². The number of carbonyl (C=O) groups is 2. The van der Waals surface area contributed by atoms with Gasteiger partial charge in [-0.25, -0.2) is 4.79 Å². The van der Waals surface area contributed by atoms with Gasteiger partial charge < -0.3 is 14.8 Å². The Morgan fingerprint density at radius 1 is 1.42 bits per heavy atom. The summed E-state index contributed by atoms with van der Waals surface area (Å²) in [7, 11) is 0. The first kappa shape index (κ1) is 16.6. The van der Waals surface area contributed by atoms with E-state index >= 15 is 0 Å². The maximum Gasteiger partial charge on any atom is 0.349 e. The van der Waals surface area contributed by atoms with Crippen molar-refractivity contribution in [2.24, 2.45) is 0 Å². The van der Waals surface area contributed by atoms with Crippen LogP contribution in [0.5, 0.6) is 0 Å². The molecule has 1 saturated heterocycles. The van der Waals surface area contributed by atoms with Gasteiger partial charge in [-0.3, -0.25) is 9.78 Å². The van der Waals surface area contributed by atoms with Crippen molar-refractivity contribution in [3.05, 3.63) is 52.5 Å². The molecule has 1 amide bonds. The van der Waals surface area contributed by atoms with Crippen LogP contribution in [0.1, 0.15) is 34.2 Å². The number of esters is 1. The van der Waals surface area contributed by atoms with Gasteiger partial charge in [0.1, 0.15) is 4.88 Å². The normalized spacial score (nSPS) is 18.1. The zero-order valence-electron chi connectivity index (χ0n) is 13.0. The van der Waals surface area contributed by atoms with Crippen LogP contribution in [-0.2, 0) is 14.3 Å². The molecule has 7 heteroatoms. The second-order valence-electron chi connectivity index (χ2n) is 5.43. The molecule has 1 aliphatic heterocycles. The smallest absolute Gasteiger partial charge is 0.349 e. The fourth-order valence-electron chi connectivity index (χ4n) is 2.48. The molecule has 0 saturated carbocycles. The number of hydrogen-bond donors (Lipinski definition) is 1. The molecule has 126 valence electrons. The summed E-state index contributed by atoms with van der Waals surface area (Å²) in [6, 6.07) is 6.84. The third-order valence-electron chi connectivity index (χ3n) is 3.70. The minimum Gasteiger partial charge on any atom is -0.443 e. The molecule has 3 rings (SSSR count). The number of amides is 1. The summed E-state index contributed by atoms with van der Waals surface area (Å²) in [5, 5.41) is 4.59. The van der Waals surface area contributed by atoms with E-state index in [0.29, 0.717) is 17.0 Å². The number of pyridine rings is 1. The lowest BCUT2D eigenvalue weighted by atomic mass is 10.1. The molecule has 2 aromatic heterocycles. The lowest BCUT2D eigenvalue weighted by Crippen LogP contribution is -2.37. The minimum atomic E-state index is -1.03. The standard InChI is InChI=1S/C17H18N2O4S/c20-16(19-11-13-5-2-8-22-13)15(12-4-1-7-18-10-12)23-17(21)14-6-3-9-24-14/h1,3-4,6-7,9-10,13,15H,2,5,8,11H2,(H,19,20)/t13-,15+/m1/s1. The van der Waals surface area contributed by atoms with Crippen LogP contribution in [0.25, 0.3) is 0 Å². The maximum atomic E-state index is 12.5. The van der Waals surface area contributed by atoms with Gasteiger partial charge in [0.25, 0.3) is 5.91 Å².